The van der Waals surface area contributed by atoms with Gasteiger partial charge in [0.25, 0.3) is 5.78 Å². The Kier molecular flexibility index (Phi) is 5.54. The second-order valence-corrected chi connectivity index (χ2v) is 9.76. The number of hydrogen-bond donors (Lipinski definition) is 1. The zero-order valence-electron chi connectivity index (χ0n) is 18.2. The van der Waals surface area contributed by atoms with Crippen LogP contribution in [0.5, 0.6) is 0 Å². The van der Waals surface area contributed by atoms with Gasteiger partial charge in [0.1, 0.15) is 11.5 Å². The molecule has 32 heavy (non-hydrogen) atoms. The molecule has 1 N–H and O–H groups in total. The molecule has 0 radical (unpaired) electrons. The molecule has 1 atom stereocenters. The maximum absolute atomic E-state index is 13.1. The van der Waals surface area contributed by atoms with Gasteiger partial charge in [-0.05, 0) is 35.6 Å². The van der Waals surface area contributed by atoms with Crippen LogP contribution in [0.3, 0.4) is 0 Å². The van der Waals surface area contributed by atoms with E-state index in [0.29, 0.717) is 16.9 Å². The minimum Gasteiger partial charge on any atom is -0.507 e. The highest BCUT2D eigenvalue weighted by Gasteiger charge is 2.48. The van der Waals surface area contributed by atoms with Crippen molar-refractivity contribution in [2.45, 2.75) is 39.2 Å². The summed E-state index contributed by atoms with van der Waals surface area (Å²) < 4.78 is 6.00. The van der Waals surface area contributed by atoms with Crippen molar-refractivity contribution in [1.82, 2.24) is 5.16 Å². The molecule has 0 bridgehead atoms. The van der Waals surface area contributed by atoms with Gasteiger partial charge in [0.05, 0.1) is 11.6 Å². The zero-order valence-corrected chi connectivity index (χ0v) is 19.8. The first-order valence-electron chi connectivity index (χ1n) is 10.2. The number of aryl methyl sites for hydroxylation is 1. The van der Waals surface area contributed by atoms with E-state index in [1.54, 1.807) is 37.3 Å². The number of aromatic nitrogens is 1. The molecule has 0 saturated carbocycles. The molecule has 1 aliphatic heterocycles. The van der Waals surface area contributed by atoms with Gasteiger partial charge in [-0.25, -0.2) is 0 Å². The Bertz CT molecular complexity index is 1220. The summed E-state index contributed by atoms with van der Waals surface area (Å²) in [5, 5.41) is 15.1. The summed E-state index contributed by atoms with van der Waals surface area (Å²) in [4.78, 5) is 27.5. The molecule has 1 amide bonds. The smallest absolute Gasteiger partial charge is 0.301 e. The molecule has 1 aliphatic rings. The van der Waals surface area contributed by atoms with E-state index in [-0.39, 0.29) is 22.6 Å². The van der Waals surface area contributed by atoms with Gasteiger partial charge in [-0.3, -0.25) is 14.5 Å². The molecule has 1 aromatic heterocycles. The standard InChI is InChI=1S/C25H23BrN2O4/c1-14-13-19(27-32-14)28-21(15-5-9-17(10-6-15)25(2,3)4)20(23(30)24(28)31)22(29)16-7-11-18(26)12-8-16/h5-13,21,29H,1-4H3/b22-20+/t21-/m1/s1. The van der Waals surface area contributed by atoms with Crippen LogP contribution in [0.25, 0.3) is 5.76 Å². The number of carbonyl (C=O) groups is 2. The molecule has 6 nitrogen and oxygen atoms in total. The van der Waals surface area contributed by atoms with E-state index in [2.05, 4.69) is 41.9 Å². The van der Waals surface area contributed by atoms with Crippen LogP contribution in [-0.4, -0.2) is 22.0 Å². The monoisotopic (exact) mass is 494 g/mol. The van der Waals surface area contributed by atoms with Crippen LogP contribution < -0.4 is 4.90 Å². The van der Waals surface area contributed by atoms with Gasteiger partial charge in [-0.15, -0.1) is 0 Å². The molecule has 4 rings (SSSR count). The fourth-order valence-electron chi connectivity index (χ4n) is 3.78. The van der Waals surface area contributed by atoms with E-state index < -0.39 is 17.7 Å². The molecule has 7 heteroatoms. The molecule has 2 aromatic carbocycles. The van der Waals surface area contributed by atoms with E-state index in [4.69, 9.17) is 4.52 Å². The van der Waals surface area contributed by atoms with Gasteiger partial charge >= 0.3 is 5.91 Å². The van der Waals surface area contributed by atoms with Gasteiger partial charge in [0.2, 0.25) is 0 Å². The van der Waals surface area contributed by atoms with Gasteiger partial charge in [-0.2, -0.15) is 0 Å². The second kappa shape index (κ2) is 8.06. The van der Waals surface area contributed by atoms with Gasteiger partial charge in [0.15, 0.2) is 5.82 Å². The van der Waals surface area contributed by atoms with Crippen molar-refractivity contribution in [2.75, 3.05) is 4.90 Å². The number of aliphatic hydroxyl groups is 1. The Morgan fingerprint density at radius 1 is 1.06 bits per heavy atom. The third-order valence-corrected chi connectivity index (χ3v) is 6.05. The number of Topliss-reactive ketones (excluding diaryl/α,β-unsaturated/α-hetero) is 1. The average molecular weight is 495 g/mol. The Balaban J connectivity index is 1.91. The van der Waals surface area contributed by atoms with Crippen molar-refractivity contribution < 1.29 is 19.2 Å². The third-order valence-electron chi connectivity index (χ3n) is 5.52. The lowest BCUT2D eigenvalue weighted by molar-refractivity contribution is -0.132. The topological polar surface area (TPSA) is 83.6 Å². The van der Waals surface area contributed by atoms with E-state index in [9.17, 15) is 14.7 Å². The lowest BCUT2D eigenvalue weighted by Crippen LogP contribution is -2.29. The minimum atomic E-state index is -0.836. The Labute approximate surface area is 194 Å². The maximum Gasteiger partial charge on any atom is 0.301 e. The first-order valence-corrected chi connectivity index (χ1v) is 11.0. The Hall–Kier alpha value is -3.19. The quantitative estimate of drug-likeness (QED) is 0.288. The molecule has 1 fully saturated rings. The normalized spacial score (nSPS) is 18.4. The van der Waals surface area contributed by atoms with Crippen LogP contribution >= 0.6 is 15.9 Å². The van der Waals surface area contributed by atoms with Crippen molar-refractivity contribution in [1.29, 1.82) is 0 Å². The highest BCUT2D eigenvalue weighted by atomic mass is 79.9. The summed E-state index contributed by atoms with van der Waals surface area (Å²) in [6, 6.07) is 15.4. The van der Waals surface area contributed by atoms with E-state index in [0.717, 1.165) is 10.0 Å². The van der Waals surface area contributed by atoms with Gasteiger partial charge < -0.3 is 9.63 Å². The van der Waals surface area contributed by atoms with Crippen molar-refractivity contribution in [3.63, 3.8) is 0 Å². The highest BCUT2D eigenvalue weighted by molar-refractivity contribution is 9.10. The molecule has 3 aromatic rings. The fourth-order valence-corrected chi connectivity index (χ4v) is 4.04. The Morgan fingerprint density at radius 2 is 1.69 bits per heavy atom. The van der Waals surface area contributed by atoms with Crippen molar-refractivity contribution in [3.05, 3.63) is 87.1 Å². The SMILES string of the molecule is Cc1cc(N2C(=O)C(=O)/C(=C(/O)c3ccc(Br)cc3)[C@H]2c2ccc(C(C)(C)C)cc2)no1. The van der Waals surface area contributed by atoms with Crippen LogP contribution in [0.4, 0.5) is 5.82 Å². The van der Waals surface area contributed by atoms with E-state index in [1.807, 2.05) is 24.3 Å². The molecule has 1 saturated heterocycles. The van der Waals surface area contributed by atoms with Crippen molar-refractivity contribution >= 4 is 39.2 Å². The van der Waals surface area contributed by atoms with Gasteiger partial charge in [0, 0.05) is 16.1 Å². The molecular formula is C25H23BrN2O4. The molecule has 0 aliphatic carbocycles. The van der Waals surface area contributed by atoms with Crippen LogP contribution in [0.15, 0.2) is 69.2 Å². The average Bonchev–Trinajstić information content (AvgIpc) is 3.28. The van der Waals surface area contributed by atoms with Crippen LogP contribution in [0, 0.1) is 6.92 Å². The summed E-state index contributed by atoms with van der Waals surface area (Å²) in [5.41, 5.74) is 2.21. The first kappa shape index (κ1) is 22.0. The number of nitrogens with zero attached hydrogens (tertiary/aromatic N) is 2. The number of ketones is 1. The van der Waals surface area contributed by atoms with Crippen LogP contribution in [0.1, 0.15) is 49.3 Å². The third kappa shape index (κ3) is 3.88. The predicted molar refractivity (Wildman–Crippen MR) is 125 cm³/mol. The summed E-state index contributed by atoms with van der Waals surface area (Å²) in [7, 11) is 0. The van der Waals surface area contributed by atoms with Crippen molar-refractivity contribution in [3.8, 4) is 0 Å². The predicted octanol–water partition coefficient (Wildman–Crippen LogP) is 5.67. The summed E-state index contributed by atoms with van der Waals surface area (Å²) in [5.74, 6) is -1.03. The molecule has 0 unspecified atom stereocenters. The molecule has 0 spiro atoms. The number of anilines is 1. The van der Waals surface area contributed by atoms with Crippen molar-refractivity contribution in [2.24, 2.45) is 0 Å². The first-order chi connectivity index (χ1) is 15.1. The summed E-state index contributed by atoms with van der Waals surface area (Å²) in [6.07, 6.45) is 0. The second-order valence-electron chi connectivity index (χ2n) is 8.84. The largest absolute Gasteiger partial charge is 0.507 e. The lowest BCUT2D eigenvalue weighted by atomic mass is 9.85. The number of benzene rings is 2. The Morgan fingerprint density at radius 3 is 2.22 bits per heavy atom. The van der Waals surface area contributed by atoms with Gasteiger partial charge in [-0.1, -0.05) is 78.3 Å². The molecular weight excluding hydrogens is 472 g/mol. The maximum atomic E-state index is 13.1. The molecule has 2 heterocycles. The number of hydrogen-bond acceptors (Lipinski definition) is 5. The van der Waals surface area contributed by atoms with E-state index >= 15 is 0 Å². The summed E-state index contributed by atoms with van der Waals surface area (Å²) in [6.45, 7) is 8.04. The number of rotatable bonds is 3. The lowest BCUT2D eigenvalue weighted by Gasteiger charge is -2.24. The highest BCUT2D eigenvalue weighted by Crippen LogP contribution is 2.42. The number of halogens is 1. The number of amides is 1. The van der Waals surface area contributed by atoms with E-state index in [1.165, 1.54) is 4.90 Å². The summed E-state index contributed by atoms with van der Waals surface area (Å²) >= 11 is 3.37. The van der Waals surface area contributed by atoms with Crippen LogP contribution in [-0.2, 0) is 15.0 Å². The molecule has 164 valence electrons. The number of aliphatic hydroxyl groups excluding tert-OH is 1. The minimum absolute atomic E-state index is 0.0153. The number of carbonyl (C=O) groups excluding carboxylic acids is 2. The zero-order chi connectivity index (χ0) is 23.2. The van der Waals surface area contributed by atoms with Crippen LogP contribution in [0.2, 0.25) is 0 Å². The fraction of sp³-hybridized carbons (Fsp3) is 0.240.